The topological polar surface area (TPSA) is 68.2 Å². The Morgan fingerprint density at radius 1 is 1.27 bits per heavy atom. The van der Waals surface area contributed by atoms with E-state index in [-0.39, 0.29) is 0 Å². The fourth-order valence-corrected chi connectivity index (χ4v) is 2.32. The van der Waals surface area contributed by atoms with Crippen molar-refractivity contribution in [2.75, 3.05) is 16.4 Å². The zero-order chi connectivity index (χ0) is 11.0. The van der Waals surface area contributed by atoms with Crippen LogP contribution >= 0.6 is 0 Å². The van der Waals surface area contributed by atoms with Crippen molar-refractivity contribution in [3.63, 3.8) is 0 Å². The first-order valence-corrected chi connectivity index (χ1v) is 5.39. The molecule has 0 aromatic carbocycles. The van der Waals surface area contributed by atoms with Gasteiger partial charge >= 0.3 is 0 Å². The van der Waals surface area contributed by atoms with Crippen molar-refractivity contribution < 1.29 is 0 Å². The van der Waals surface area contributed by atoms with Crippen LogP contribution in [-0.2, 0) is 0 Å². The highest BCUT2D eigenvalue weighted by Gasteiger charge is 2.29. The van der Waals surface area contributed by atoms with Crippen LogP contribution in [0.25, 0.3) is 0 Å². The number of hydrogen-bond acceptors (Lipinski definition) is 4. The van der Waals surface area contributed by atoms with Gasteiger partial charge < -0.3 is 16.4 Å². The molecule has 0 saturated carbocycles. The standard InChI is InChI=1S/C11H18N4/c1-7-3-4-8(2)15(7)11-10(13)5-9(12)6-14-11/h5-8H,3-4,12-13H2,1-2H3. The molecule has 1 aromatic rings. The molecule has 0 aliphatic carbocycles. The van der Waals surface area contributed by atoms with Crippen LogP contribution in [0, 0.1) is 0 Å². The van der Waals surface area contributed by atoms with E-state index < -0.39 is 0 Å². The second-order valence-corrected chi connectivity index (χ2v) is 4.36. The van der Waals surface area contributed by atoms with E-state index in [2.05, 4.69) is 23.7 Å². The lowest BCUT2D eigenvalue weighted by molar-refractivity contribution is 0.684. The normalized spacial score (nSPS) is 25.9. The highest BCUT2D eigenvalue weighted by Crippen LogP contribution is 2.32. The number of nitrogens with two attached hydrogens (primary N) is 2. The van der Waals surface area contributed by atoms with Gasteiger partial charge in [0.1, 0.15) is 0 Å². The van der Waals surface area contributed by atoms with E-state index in [1.807, 2.05) is 0 Å². The van der Waals surface area contributed by atoms with E-state index in [0.717, 1.165) is 5.82 Å². The molecule has 0 bridgehead atoms. The minimum atomic E-state index is 0.512. The van der Waals surface area contributed by atoms with Crippen molar-refractivity contribution in [1.29, 1.82) is 0 Å². The molecular formula is C11H18N4. The van der Waals surface area contributed by atoms with Gasteiger partial charge in [0, 0.05) is 12.1 Å². The Morgan fingerprint density at radius 2 is 1.87 bits per heavy atom. The molecule has 1 fully saturated rings. The third kappa shape index (κ3) is 1.71. The van der Waals surface area contributed by atoms with Crippen LogP contribution in [-0.4, -0.2) is 17.1 Å². The maximum absolute atomic E-state index is 5.94. The Morgan fingerprint density at radius 3 is 2.40 bits per heavy atom. The summed E-state index contributed by atoms with van der Waals surface area (Å²) in [6.45, 7) is 4.42. The number of hydrogen-bond donors (Lipinski definition) is 2. The molecule has 2 heterocycles. The lowest BCUT2D eigenvalue weighted by atomic mass is 10.2. The molecule has 4 heteroatoms. The summed E-state index contributed by atoms with van der Waals surface area (Å²) in [6, 6.07) is 2.80. The smallest absolute Gasteiger partial charge is 0.152 e. The average molecular weight is 206 g/mol. The maximum atomic E-state index is 5.94. The third-order valence-electron chi connectivity index (χ3n) is 3.11. The molecule has 1 aliphatic heterocycles. The number of rotatable bonds is 1. The Kier molecular flexibility index (Phi) is 2.42. The SMILES string of the molecule is CC1CCC(C)N1c1ncc(N)cc1N. The monoisotopic (exact) mass is 206 g/mol. The summed E-state index contributed by atoms with van der Waals surface area (Å²) in [5, 5.41) is 0. The van der Waals surface area contributed by atoms with Crippen LogP contribution in [0.5, 0.6) is 0 Å². The molecule has 4 nitrogen and oxygen atoms in total. The fourth-order valence-electron chi connectivity index (χ4n) is 2.32. The summed E-state index contributed by atoms with van der Waals surface area (Å²) >= 11 is 0. The van der Waals surface area contributed by atoms with Crippen molar-refractivity contribution in [2.24, 2.45) is 0 Å². The zero-order valence-electron chi connectivity index (χ0n) is 9.27. The van der Waals surface area contributed by atoms with Crippen LogP contribution in [0.4, 0.5) is 17.2 Å². The first-order chi connectivity index (χ1) is 7.09. The Bertz CT molecular complexity index is 354. The number of anilines is 3. The van der Waals surface area contributed by atoms with Gasteiger partial charge in [-0.2, -0.15) is 0 Å². The number of aromatic nitrogens is 1. The number of nitrogens with zero attached hydrogens (tertiary/aromatic N) is 2. The first-order valence-electron chi connectivity index (χ1n) is 5.39. The summed E-state index contributed by atoms with van der Waals surface area (Å²) in [5.41, 5.74) is 12.9. The molecule has 0 spiro atoms. The molecule has 82 valence electrons. The van der Waals surface area contributed by atoms with Crippen LogP contribution < -0.4 is 16.4 Å². The van der Waals surface area contributed by atoms with Crippen molar-refractivity contribution in [3.05, 3.63) is 12.3 Å². The second kappa shape index (κ2) is 3.61. The second-order valence-electron chi connectivity index (χ2n) is 4.36. The molecule has 1 saturated heterocycles. The zero-order valence-corrected chi connectivity index (χ0v) is 9.27. The molecule has 4 N–H and O–H groups in total. The van der Waals surface area contributed by atoms with Crippen LogP contribution in [0.2, 0.25) is 0 Å². The first kappa shape index (κ1) is 10.1. The minimum Gasteiger partial charge on any atom is -0.397 e. The summed E-state index contributed by atoms with van der Waals surface area (Å²) in [7, 11) is 0. The van der Waals surface area contributed by atoms with Crippen molar-refractivity contribution in [3.8, 4) is 0 Å². The molecule has 2 rings (SSSR count). The van der Waals surface area contributed by atoms with Gasteiger partial charge in [-0.3, -0.25) is 0 Å². The third-order valence-corrected chi connectivity index (χ3v) is 3.11. The maximum Gasteiger partial charge on any atom is 0.152 e. The molecule has 1 aromatic heterocycles. The molecule has 2 unspecified atom stereocenters. The summed E-state index contributed by atoms with van der Waals surface area (Å²) in [4.78, 5) is 6.62. The summed E-state index contributed by atoms with van der Waals surface area (Å²) in [5.74, 6) is 0.877. The van der Waals surface area contributed by atoms with Gasteiger partial charge in [-0.1, -0.05) is 0 Å². The van der Waals surface area contributed by atoms with Crippen LogP contribution in [0.15, 0.2) is 12.3 Å². The van der Waals surface area contributed by atoms with E-state index >= 15 is 0 Å². The van der Waals surface area contributed by atoms with Crippen molar-refractivity contribution >= 4 is 17.2 Å². The fraction of sp³-hybridized carbons (Fsp3) is 0.545. The van der Waals surface area contributed by atoms with E-state index in [1.165, 1.54) is 12.8 Å². The van der Waals surface area contributed by atoms with Gasteiger partial charge in [0.25, 0.3) is 0 Å². The predicted octanol–water partition coefficient (Wildman–Crippen LogP) is 1.62. The van der Waals surface area contributed by atoms with Crippen LogP contribution in [0.1, 0.15) is 26.7 Å². The lowest BCUT2D eigenvalue weighted by Crippen LogP contribution is -2.33. The highest BCUT2D eigenvalue weighted by atomic mass is 15.3. The summed E-state index contributed by atoms with van der Waals surface area (Å²) < 4.78 is 0. The Balaban J connectivity index is 2.36. The van der Waals surface area contributed by atoms with E-state index in [0.29, 0.717) is 23.5 Å². The van der Waals surface area contributed by atoms with Crippen LogP contribution in [0.3, 0.4) is 0 Å². The van der Waals surface area contributed by atoms with Gasteiger partial charge in [0.2, 0.25) is 0 Å². The number of pyridine rings is 1. The quantitative estimate of drug-likeness (QED) is 0.732. The molecule has 2 atom stereocenters. The summed E-state index contributed by atoms with van der Waals surface area (Å²) in [6.07, 6.45) is 4.07. The minimum absolute atomic E-state index is 0.512. The molecule has 1 aliphatic rings. The van der Waals surface area contributed by atoms with E-state index in [4.69, 9.17) is 11.5 Å². The Labute approximate surface area is 90.3 Å². The van der Waals surface area contributed by atoms with Gasteiger partial charge in [-0.25, -0.2) is 4.98 Å². The van der Waals surface area contributed by atoms with E-state index in [9.17, 15) is 0 Å². The van der Waals surface area contributed by atoms with Gasteiger partial charge in [0.05, 0.1) is 17.6 Å². The molecule has 15 heavy (non-hydrogen) atoms. The largest absolute Gasteiger partial charge is 0.397 e. The molecule has 0 radical (unpaired) electrons. The molecular weight excluding hydrogens is 188 g/mol. The average Bonchev–Trinajstić information content (AvgIpc) is 2.48. The van der Waals surface area contributed by atoms with Crippen molar-refractivity contribution in [1.82, 2.24) is 4.98 Å². The molecule has 0 amide bonds. The predicted molar refractivity (Wildman–Crippen MR) is 63.7 cm³/mol. The van der Waals surface area contributed by atoms with Gasteiger partial charge in [0.15, 0.2) is 5.82 Å². The van der Waals surface area contributed by atoms with Gasteiger partial charge in [-0.05, 0) is 32.8 Å². The van der Waals surface area contributed by atoms with Gasteiger partial charge in [-0.15, -0.1) is 0 Å². The Hall–Kier alpha value is -1.45. The van der Waals surface area contributed by atoms with E-state index in [1.54, 1.807) is 12.3 Å². The number of nitrogen functional groups attached to an aromatic ring is 2. The lowest BCUT2D eigenvalue weighted by Gasteiger charge is -2.28. The van der Waals surface area contributed by atoms with Crippen molar-refractivity contribution in [2.45, 2.75) is 38.8 Å². The highest BCUT2D eigenvalue weighted by molar-refractivity contribution is 5.67.